The van der Waals surface area contributed by atoms with E-state index in [1.54, 1.807) is 0 Å². The van der Waals surface area contributed by atoms with E-state index in [2.05, 4.69) is 133 Å². The van der Waals surface area contributed by atoms with Gasteiger partial charge in [-0.25, -0.2) is 9.97 Å². The van der Waals surface area contributed by atoms with E-state index in [9.17, 15) is 0 Å². The third-order valence-electron chi connectivity index (χ3n) is 8.88. The Hall–Kier alpha value is -5.34. The van der Waals surface area contributed by atoms with Crippen molar-refractivity contribution in [1.82, 2.24) is 9.97 Å². The molecule has 0 atom stereocenters. The Bertz CT molecular complexity index is 2300. The summed E-state index contributed by atoms with van der Waals surface area (Å²) in [4.78, 5) is 10.6. The fourth-order valence-corrected chi connectivity index (χ4v) is 6.95. The summed E-state index contributed by atoms with van der Waals surface area (Å²) < 4.78 is 0. The number of nitrogens with zero attached hydrogens (tertiary/aromatic N) is 2. The monoisotopic (exact) mass is 534 g/mol. The van der Waals surface area contributed by atoms with E-state index in [0.717, 1.165) is 46.4 Å². The average Bonchev–Trinajstić information content (AvgIpc) is 3.40. The number of para-hydroxylation sites is 1. The van der Waals surface area contributed by atoms with Crippen LogP contribution < -0.4 is 0 Å². The number of fused-ring (bicyclic) bond motifs is 5. The van der Waals surface area contributed by atoms with Crippen LogP contribution in [-0.4, -0.2) is 9.97 Å². The van der Waals surface area contributed by atoms with Crippen LogP contribution in [-0.2, 0) is 0 Å². The number of rotatable bonds is 3. The van der Waals surface area contributed by atoms with Crippen molar-refractivity contribution in [3.63, 3.8) is 0 Å². The maximum Gasteiger partial charge on any atom is 0.161 e. The molecule has 196 valence electrons. The highest BCUT2D eigenvalue weighted by Crippen LogP contribution is 2.53. The fourth-order valence-electron chi connectivity index (χ4n) is 6.95. The largest absolute Gasteiger partial charge is 0.228 e. The molecule has 0 unspecified atom stereocenters. The fraction of sp³-hybridized carbons (Fsp3) is 0.0500. The molecule has 0 amide bonds. The van der Waals surface area contributed by atoms with Gasteiger partial charge < -0.3 is 0 Å². The molecule has 6 aromatic carbocycles. The van der Waals surface area contributed by atoms with E-state index in [0.29, 0.717) is 0 Å². The van der Waals surface area contributed by atoms with Crippen molar-refractivity contribution < 1.29 is 0 Å². The van der Waals surface area contributed by atoms with Crippen LogP contribution in [0.5, 0.6) is 0 Å². The van der Waals surface area contributed by atoms with Gasteiger partial charge in [0, 0.05) is 22.1 Å². The molecule has 0 saturated carbocycles. The van der Waals surface area contributed by atoms with Crippen LogP contribution in [0.25, 0.3) is 82.9 Å². The molecule has 1 aromatic heterocycles. The van der Waals surface area contributed by atoms with E-state index in [1.807, 2.05) is 0 Å². The summed E-state index contributed by atoms with van der Waals surface area (Å²) in [5.74, 6) is 0.766. The summed E-state index contributed by atoms with van der Waals surface area (Å²) in [6, 6.07) is 41.4. The standard InChI is InChI=1S/C40H26N2/c1-2-11-26(12-3-1)30-22-23-34(38-33-18-9-15-27-14-8-17-32(36(27)33)37(30)38)40-41-35-19-7-6-16-31(35)39(42-40)29-21-20-25-10-4-5-13-28(25)24-29/h1-2,4-11,13-24H,3,12H2. The number of allylic oxidation sites excluding steroid dienone is 4. The highest BCUT2D eigenvalue weighted by molar-refractivity contribution is 6.20. The van der Waals surface area contributed by atoms with Gasteiger partial charge >= 0.3 is 0 Å². The Morgan fingerprint density at radius 1 is 0.548 bits per heavy atom. The molecule has 2 aliphatic rings. The number of benzene rings is 6. The molecule has 0 spiro atoms. The molecule has 0 bridgehead atoms. The van der Waals surface area contributed by atoms with Gasteiger partial charge in [0.25, 0.3) is 0 Å². The summed E-state index contributed by atoms with van der Waals surface area (Å²) in [5, 5.41) is 6.10. The Balaban J connectivity index is 1.35. The van der Waals surface area contributed by atoms with Gasteiger partial charge in [-0.1, -0.05) is 115 Å². The van der Waals surface area contributed by atoms with Crippen molar-refractivity contribution in [3.05, 3.63) is 139 Å². The first-order chi connectivity index (χ1) is 20.8. The molecule has 0 fully saturated rings. The lowest BCUT2D eigenvalue weighted by Crippen LogP contribution is -1.99. The van der Waals surface area contributed by atoms with Gasteiger partial charge in [-0.3, -0.25) is 0 Å². The Morgan fingerprint density at radius 3 is 2.12 bits per heavy atom. The second-order valence-corrected chi connectivity index (χ2v) is 11.3. The average molecular weight is 535 g/mol. The van der Waals surface area contributed by atoms with Gasteiger partial charge in [-0.05, 0) is 80.4 Å². The van der Waals surface area contributed by atoms with Crippen LogP contribution in [0.2, 0.25) is 0 Å². The van der Waals surface area contributed by atoms with Gasteiger partial charge in [0.1, 0.15) is 0 Å². The minimum absolute atomic E-state index is 0.766. The molecule has 2 nitrogen and oxygen atoms in total. The molecule has 7 aromatic rings. The summed E-state index contributed by atoms with van der Waals surface area (Å²) in [5.41, 5.74) is 11.9. The maximum atomic E-state index is 5.36. The lowest BCUT2D eigenvalue weighted by atomic mass is 9.87. The molecule has 0 aliphatic heterocycles. The van der Waals surface area contributed by atoms with E-state index < -0.39 is 0 Å². The normalized spacial score (nSPS) is 13.6. The van der Waals surface area contributed by atoms with Gasteiger partial charge in [-0.2, -0.15) is 0 Å². The lowest BCUT2D eigenvalue weighted by molar-refractivity contribution is 1.05. The zero-order chi connectivity index (χ0) is 27.6. The van der Waals surface area contributed by atoms with Crippen molar-refractivity contribution in [2.75, 3.05) is 0 Å². The zero-order valence-electron chi connectivity index (χ0n) is 23.0. The number of hydrogen-bond donors (Lipinski definition) is 0. The minimum atomic E-state index is 0.766. The Kier molecular flexibility index (Phi) is 5.06. The van der Waals surface area contributed by atoms with Crippen LogP contribution in [0.4, 0.5) is 0 Å². The molecule has 9 rings (SSSR count). The van der Waals surface area contributed by atoms with Gasteiger partial charge in [0.2, 0.25) is 0 Å². The molecule has 2 heteroatoms. The SMILES string of the molecule is C1=CCCC(c2ccc(-c3nc(-c4ccc5ccccc5c4)c4ccccc4n3)c3c2-c2cccc4cccc-3c24)=C1. The van der Waals surface area contributed by atoms with Crippen LogP contribution in [0.3, 0.4) is 0 Å². The third kappa shape index (κ3) is 3.45. The maximum absolute atomic E-state index is 5.36. The molecule has 2 aliphatic carbocycles. The first-order valence-electron chi connectivity index (χ1n) is 14.7. The van der Waals surface area contributed by atoms with Gasteiger partial charge in [-0.15, -0.1) is 0 Å². The smallest absolute Gasteiger partial charge is 0.161 e. The zero-order valence-corrected chi connectivity index (χ0v) is 23.0. The summed E-state index contributed by atoms with van der Waals surface area (Å²) in [6.07, 6.45) is 8.86. The molecule has 1 heterocycles. The second kappa shape index (κ2) is 9.09. The van der Waals surface area contributed by atoms with Crippen molar-refractivity contribution >= 4 is 38.0 Å². The van der Waals surface area contributed by atoms with Gasteiger partial charge in [0.15, 0.2) is 5.82 Å². The van der Waals surface area contributed by atoms with Crippen molar-refractivity contribution in [1.29, 1.82) is 0 Å². The van der Waals surface area contributed by atoms with Crippen molar-refractivity contribution in [2.24, 2.45) is 0 Å². The highest BCUT2D eigenvalue weighted by Gasteiger charge is 2.29. The molecule has 0 N–H and O–H groups in total. The summed E-state index contributed by atoms with van der Waals surface area (Å²) in [7, 11) is 0. The summed E-state index contributed by atoms with van der Waals surface area (Å²) >= 11 is 0. The predicted octanol–water partition coefficient (Wildman–Crippen LogP) is 10.7. The van der Waals surface area contributed by atoms with Crippen LogP contribution in [0, 0.1) is 0 Å². The Morgan fingerprint density at radius 2 is 1.29 bits per heavy atom. The topological polar surface area (TPSA) is 25.8 Å². The molecular formula is C40H26N2. The first-order valence-corrected chi connectivity index (χ1v) is 14.7. The quantitative estimate of drug-likeness (QED) is 0.225. The van der Waals surface area contributed by atoms with Crippen molar-refractivity contribution in [3.8, 4) is 44.9 Å². The molecular weight excluding hydrogens is 508 g/mol. The molecule has 42 heavy (non-hydrogen) atoms. The van der Waals surface area contributed by atoms with E-state index in [1.165, 1.54) is 54.9 Å². The van der Waals surface area contributed by atoms with Crippen LogP contribution in [0.1, 0.15) is 18.4 Å². The van der Waals surface area contributed by atoms with Gasteiger partial charge in [0.05, 0.1) is 11.2 Å². The molecule has 0 saturated heterocycles. The van der Waals surface area contributed by atoms with Crippen molar-refractivity contribution in [2.45, 2.75) is 12.8 Å². The molecule has 0 radical (unpaired) electrons. The number of aromatic nitrogens is 2. The number of hydrogen-bond acceptors (Lipinski definition) is 2. The highest BCUT2D eigenvalue weighted by atomic mass is 14.9. The predicted molar refractivity (Wildman–Crippen MR) is 176 cm³/mol. The second-order valence-electron chi connectivity index (χ2n) is 11.3. The van der Waals surface area contributed by atoms with Crippen LogP contribution in [0.15, 0.2) is 133 Å². The van der Waals surface area contributed by atoms with E-state index in [4.69, 9.17) is 9.97 Å². The van der Waals surface area contributed by atoms with E-state index >= 15 is 0 Å². The summed E-state index contributed by atoms with van der Waals surface area (Å²) in [6.45, 7) is 0. The first kappa shape index (κ1) is 23.4. The Labute approximate surface area is 244 Å². The van der Waals surface area contributed by atoms with E-state index in [-0.39, 0.29) is 0 Å². The van der Waals surface area contributed by atoms with Crippen LogP contribution >= 0.6 is 0 Å². The minimum Gasteiger partial charge on any atom is -0.228 e. The lowest BCUT2D eigenvalue weighted by Gasteiger charge is -2.18. The third-order valence-corrected chi connectivity index (χ3v) is 8.88.